The molecule has 0 saturated carbocycles. The molecule has 0 bridgehead atoms. The van der Waals surface area contributed by atoms with Crippen LogP contribution in [0.15, 0.2) is 30.5 Å². The normalized spacial score (nSPS) is 12.9. The van der Waals surface area contributed by atoms with Gasteiger partial charge in [-0.05, 0) is 6.07 Å². The van der Waals surface area contributed by atoms with Gasteiger partial charge in [-0.25, -0.2) is 0 Å². The summed E-state index contributed by atoms with van der Waals surface area (Å²) in [7, 11) is 0. The van der Waals surface area contributed by atoms with Crippen LogP contribution in [0.2, 0.25) is 0 Å². The Kier molecular flexibility index (Phi) is 1.22. The minimum Gasteiger partial charge on any atom is -0.487 e. The lowest BCUT2D eigenvalue weighted by atomic mass is 10.0. The van der Waals surface area contributed by atoms with Crippen LogP contribution in [-0.2, 0) is 6.61 Å². The van der Waals surface area contributed by atoms with Crippen LogP contribution >= 0.6 is 0 Å². The quantitative estimate of drug-likeness (QED) is 0.659. The molecule has 1 aliphatic heterocycles. The summed E-state index contributed by atoms with van der Waals surface area (Å²) in [5, 5.41) is 6.92. The number of H-pyrrole nitrogens is 1. The molecule has 1 N–H and O–H groups in total. The first kappa shape index (κ1) is 6.71. The fourth-order valence-electron chi connectivity index (χ4n) is 1.62. The van der Waals surface area contributed by atoms with Crippen molar-refractivity contribution in [2.45, 2.75) is 6.61 Å². The Bertz CT molecular complexity index is 448. The number of rotatable bonds is 0. The topological polar surface area (TPSA) is 37.9 Å². The molecule has 1 aliphatic rings. The van der Waals surface area contributed by atoms with Gasteiger partial charge in [-0.1, -0.05) is 18.2 Å². The first-order valence-electron chi connectivity index (χ1n) is 4.19. The summed E-state index contributed by atoms with van der Waals surface area (Å²) < 4.78 is 5.54. The predicted octanol–water partition coefficient (Wildman–Crippen LogP) is 1.97. The molecule has 0 spiro atoms. The van der Waals surface area contributed by atoms with Crippen molar-refractivity contribution in [2.24, 2.45) is 0 Å². The molecular formula is C10H8N2O. The van der Waals surface area contributed by atoms with Crippen LogP contribution in [-0.4, -0.2) is 10.2 Å². The van der Waals surface area contributed by atoms with E-state index in [-0.39, 0.29) is 0 Å². The Balaban J connectivity index is 2.30. The lowest BCUT2D eigenvalue weighted by Gasteiger charge is -2.16. The van der Waals surface area contributed by atoms with Crippen molar-refractivity contribution in [3.8, 4) is 16.9 Å². The number of ether oxygens (including phenoxy) is 1. The zero-order valence-electron chi connectivity index (χ0n) is 6.95. The van der Waals surface area contributed by atoms with Crippen molar-refractivity contribution < 1.29 is 4.74 Å². The molecule has 0 fully saturated rings. The van der Waals surface area contributed by atoms with E-state index in [1.54, 1.807) is 0 Å². The second-order valence-electron chi connectivity index (χ2n) is 3.05. The van der Waals surface area contributed by atoms with Gasteiger partial charge in [0.15, 0.2) is 0 Å². The highest BCUT2D eigenvalue weighted by atomic mass is 16.5. The molecule has 0 amide bonds. The van der Waals surface area contributed by atoms with E-state index in [4.69, 9.17) is 4.74 Å². The van der Waals surface area contributed by atoms with E-state index in [9.17, 15) is 0 Å². The summed E-state index contributed by atoms with van der Waals surface area (Å²) in [5.74, 6) is 0.941. The van der Waals surface area contributed by atoms with Crippen LogP contribution in [0.1, 0.15) is 5.69 Å². The van der Waals surface area contributed by atoms with E-state index in [2.05, 4.69) is 10.2 Å². The van der Waals surface area contributed by atoms with Crippen LogP contribution in [0.25, 0.3) is 11.1 Å². The molecule has 0 saturated heterocycles. The summed E-state index contributed by atoms with van der Waals surface area (Å²) in [4.78, 5) is 0. The number of hydrogen-bond acceptors (Lipinski definition) is 2. The van der Waals surface area contributed by atoms with Crippen LogP contribution in [0, 0.1) is 0 Å². The van der Waals surface area contributed by atoms with Crippen molar-refractivity contribution in [2.75, 3.05) is 0 Å². The SMILES string of the molecule is c1ccc2c(c1)OCc1[nH]ncc1-2. The van der Waals surface area contributed by atoms with Gasteiger partial charge in [-0.3, -0.25) is 5.10 Å². The maximum absolute atomic E-state index is 5.54. The zero-order valence-corrected chi connectivity index (χ0v) is 6.95. The van der Waals surface area contributed by atoms with Gasteiger partial charge in [0.25, 0.3) is 0 Å². The summed E-state index contributed by atoms with van der Waals surface area (Å²) in [6.07, 6.45) is 1.84. The lowest BCUT2D eigenvalue weighted by Crippen LogP contribution is -2.03. The van der Waals surface area contributed by atoms with Crippen molar-refractivity contribution in [3.05, 3.63) is 36.2 Å². The van der Waals surface area contributed by atoms with Crippen molar-refractivity contribution in [3.63, 3.8) is 0 Å². The summed E-state index contributed by atoms with van der Waals surface area (Å²) in [5.41, 5.74) is 3.33. The number of para-hydroxylation sites is 1. The number of hydrogen-bond donors (Lipinski definition) is 1. The van der Waals surface area contributed by atoms with Gasteiger partial charge in [-0.15, -0.1) is 0 Å². The number of benzene rings is 1. The van der Waals surface area contributed by atoms with E-state index < -0.39 is 0 Å². The number of aromatic amines is 1. The first-order valence-corrected chi connectivity index (χ1v) is 4.19. The Hall–Kier alpha value is -1.77. The van der Waals surface area contributed by atoms with Gasteiger partial charge in [0.1, 0.15) is 12.4 Å². The van der Waals surface area contributed by atoms with Crippen LogP contribution in [0.4, 0.5) is 0 Å². The van der Waals surface area contributed by atoms with Gasteiger partial charge in [0.05, 0.1) is 11.9 Å². The maximum atomic E-state index is 5.54. The standard InChI is InChI=1S/C10H8N2O/c1-2-4-10-7(3-1)8-5-11-12-9(8)6-13-10/h1-5H,6H2,(H,11,12). The number of aromatic nitrogens is 2. The van der Waals surface area contributed by atoms with E-state index in [0.717, 1.165) is 22.6 Å². The maximum Gasteiger partial charge on any atom is 0.130 e. The molecule has 1 aromatic heterocycles. The van der Waals surface area contributed by atoms with Crippen molar-refractivity contribution in [1.29, 1.82) is 0 Å². The molecule has 0 atom stereocenters. The third kappa shape index (κ3) is 0.869. The molecule has 0 aliphatic carbocycles. The van der Waals surface area contributed by atoms with E-state index in [0.29, 0.717) is 6.61 Å². The lowest BCUT2D eigenvalue weighted by molar-refractivity contribution is 0.297. The Morgan fingerprint density at radius 3 is 3.15 bits per heavy atom. The van der Waals surface area contributed by atoms with Crippen molar-refractivity contribution in [1.82, 2.24) is 10.2 Å². The van der Waals surface area contributed by atoms with Crippen LogP contribution in [0.3, 0.4) is 0 Å². The van der Waals surface area contributed by atoms with Gasteiger partial charge in [-0.2, -0.15) is 5.10 Å². The highest BCUT2D eigenvalue weighted by molar-refractivity contribution is 5.73. The molecule has 2 heterocycles. The number of fused-ring (bicyclic) bond motifs is 3. The fourth-order valence-corrected chi connectivity index (χ4v) is 1.62. The predicted molar refractivity (Wildman–Crippen MR) is 48.4 cm³/mol. The molecule has 3 heteroatoms. The fraction of sp³-hybridized carbons (Fsp3) is 0.100. The second-order valence-corrected chi connectivity index (χ2v) is 3.05. The monoisotopic (exact) mass is 172 g/mol. The first-order chi connectivity index (χ1) is 6.45. The third-order valence-electron chi connectivity index (χ3n) is 2.27. The zero-order chi connectivity index (χ0) is 8.67. The molecule has 3 nitrogen and oxygen atoms in total. The second kappa shape index (κ2) is 2.36. The molecule has 64 valence electrons. The summed E-state index contributed by atoms with van der Waals surface area (Å²) >= 11 is 0. The molecule has 0 radical (unpaired) electrons. The van der Waals surface area contributed by atoms with Gasteiger partial charge in [0, 0.05) is 11.1 Å². The third-order valence-corrected chi connectivity index (χ3v) is 2.27. The number of nitrogens with one attached hydrogen (secondary N) is 1. The highest BCUT2D eigenvalue weighted by Crippen LogP contribution is 2.35. The summed E-state index contributed by atoms with van der Waals surface area (Å²) in [6.45, 7) is 0.590. The smallest absolute Gasteiger partial charge is 0.130 e. The largest absolute Gasteiger partial charge is 0.487 e. The van der Waals surface area contributed by atoms with Crippen LogP contribution < -0.4 is 4.74 Å². The van der Waals surface area contributed by atoms with Gasteiger partial charge < -0.3 is 4.74 Å². The Morgan fingerprint density at radius 2 is 2.15 bits per heavy atom. The van der Waals surface area contributed by atoms with E-state index in [1.807, 2.05) is 30.5 Å². The molecule has 2 aromatic rings. The Morgan fingerprint density at radius 1 is 1.23 bits per heavy atom. The van der Waals surface area contributed by atoms with E-state index in [1.165, 1.54) is 0 Å². The van der Waals surface area contributed by atoms with Crippen LogP contribution in [0.5, 0.6) is 5.75 Å². The van der Waals surface area contributed by atoms with Crippen molar-refractivity contribution >= 4 is 0 Å². The van der Waals surface area contributed by atoms with E-state index >= 15 is 0 Å². The average Bonchev–Trinajstić information content (AvgIpc) is 2.65. The average molecular weight is 172 g/mol. The molecule has 1 aromatic carbocycles. The number of nitrogens with zero attached hydrogens (tertiary/aromatic N) is 1. The summed E-state index contributed by atoms with van der Waals surface area (Å²) in [6, 6.07) is 8.00. The molecular weight excluding hydrogens is 164 g/mol. The minimum absolute atomic E-state index is 0.590. The molecule has 0 unspecified atom stereocenters. The van der Waals surface area contributed by atoms with Gasteiger partial charge >= 0.3 is 0 Å². The molecule has 3 rings (SSSR count). The molecule has 13 heavy (non-hydrogen) atoms. The minimum atomic E-state index is 0.590. The van der Waals surface area contributed by atoms with Gasteiger partial charge in [0.2, 0.25) is 0 Å². The highest BCUT2D eigenvalue weighted by Gasteiger charge is 2.17. The Labute approximate surface area is 75.4 Å².